The number of hydrogen-bond donors (Lipinski definition) is 2. The van der Waals surface area contributed by atoms with Crippen molar-refractivity contribution in [1.82, 2.24) is 10.2 Å². The van der Waals surface area contributed by atoms with E-state index in [0.29, 0.717) is 5.56 Å². The second kappa shape index (κ2) is 8.91. The summed E-state index contributed by atoms with van der Waals surface area (Å²) in [5, 5.41) is 12.1. The first-order chi connectivity index (χ1) is 16.9. The van der Waals surface area contributed by atoms with Gasteiger partial charge in [0, 0.05) is 19.0 Å². The highest BCUT2D eigenvalue weighted by atomic mass is 16.5. The predicted octanol–water partition coefficient (Wildman–Crippen LogP) is 4.20. The second-order valence-electron chi connectivity index (χ2n) is 9.37. The number of nitrogens with one attached hydrogen (secondary N) is 1. The number of carbonyl (C=O) groups excluding carboxylic acids is 2. The van der Waals surface area contributed by atoms with E-state index in [2.05, 4.69) is 17.4 Å². The van der Waals surface area contributed by atoms with Crippen LogP contribution < -0.4 is 5.32 Å². The van der Waals surface area contributed by atoms with Crippen molar-refractivity contribution >= 4 is 18.0 Å². The highest BCUT2D eigenvalue weighted by molar-refractivity contribution is 5.89. The number of benzene rings is 3. The van der Waals surface area contributed by atoms with E-state index in [1.165, 1.54) is 4.90 Å². The molecule has 1 fully saturated rings. The van der Waals surface area contributed by atoms with E-state index in [-0.39, 0.29) is 31.5 Å². The number of ether oxygens (including phenoxy) is 1. The molecule has 0 aromatic heterocycles. The number of carboxylic acid groups (broad SMARTS) is 1. The Hall–Kier alpha value is -4.13. The van der Waals surface area contributed by atoms with Gasteiger partial charge in [0.05, 0.1) is 0 Å². The van der Waals surface area contributed by atoms with Crippen LogP contribution in [0.4, 0.5) is 4.79 Å². The Labute approximate surface area is 203 Å². The molecule has 178 valence electrons. The minimum absolute atomic E-state index is 0.0920. The highest BCUT2D eigenvalue weighted by Crippen LogP contribution is 2.44. The minimum atomic E-state index is -0.972. The van der Waals surface area contributed by atoms with E-state index in [1.807, 2.05) is 42.5 Å². The van der Waals surface area contributed by atoms with Gasteiger partial charge in [-0.2, -0.15) is 0 Å². The van der Waals surface area contributed by atoms with E-state index in [0.717, 1.165) is 22.3 Å². The van der Waals surface area contributed by atoms with Crippen molar-refractivity contribution in [3.8, 4) is 11.1 Å². The maximum atomic E-state index is 13.2. The second-order valence-corrected chi connectivity index (χ2v) is 9.37. The van der Waals surface area contributed by atoms with Crippen molar-refractivity contribution in [2.75, 3.05) is 19.7 Å². The molecule has 1 atom stereocenters. The minimum Gasteiger partial charge on any atom is -0.481 e. The molecule has 3 aromatic rings. The third-order valence-corrected chi connectivity index (χ3v) is 6.89. The van der Waals surface area contributed by atoms with Gasteiger partial charge in [-0.3, -0.25) is 9.59 Å². The number of hydrogen-bond acceptors (Lipinski definition) is 4. The van der Waals surface area contributed by atoms with Gasteiger partial charge in [-0.1, -0.05) is 78.9 Å². The average molecular weight is 471 g/mol. The molecule has 7 heteroatoms. The highest BCUT2D eigenvalue weighted by Gasteiger charge is 2.49. The third kappa shape index (κ3) is 4.14. The normalized spacial score (nSPS) is 16.4. The van der Waals surface area contributed by atoms with Crippen molar-refractivity contribution in [2.45, 2.75) is 18.9 Å². The summed E-state index contributed by atoms with van der Waals surface area (Å²) in [7, 11) is 0. The molecule has 0 radical (unpaired) electrons. The maximum absolute atomic E-state index is 13.2. The van der Waals surface area contributed by atoms with Gasteiger partial charge in [0.2, 0.25) is 5.91 Å². The largest absolute Gasteiger partial charge is 0.481 e. The summed E-state index contributed by atoms with van der Waals surface area (Å²) >= 11 is 0. The van der Waals surface area contributed by atoms with Crippen LogP contribution in [-0.4, -0.2) is 47.7 Å². The maximum Gasteiger partial charge on any atom is 0.408 e. The van der Waals surface area contributed by atoms with Crippen LogP contribution in [0, 0.1) is 5.41 Å². The zero-order valence-electron chi connectivity index (χ0n) is 19.3. The van der Waals surface area contributed by atoms with Crippen LogP contribution in [0.1, 0.15) is 35.6 Å². The molecular weight excluding hydrogens is 444 g/mol. The Morgan fingerprint density at radius 1 is 0.943 bits per heavy atom. The predicted molar refractivity (Wildman–Crippen MR) is 130 cm³/mol. The molecule has 1 heterocycles. The smallest absolute Gasteiger partial charge is 0.408 e. The molecule has 2 aliphatic rings. The molecule has 1 aliphatic carbocycles. The molecule has 2 N–H and O–H groups in total. The van der Waals surface area contributed by atoms with Gasteiger partial charge < -0.3 is 20.1 Å². The van der Waals surface area contributed by atoms with Crippen molar-refractivity contribution in [3.63, 3.8) is 0 Å². The molecule has 5 rings (SSSR count). The van der Waals surface area contributed by atoms with Crippen molar-refractivity contribution in [3.05, 3.63) is 95.6 Å². The van der Waals surface area contributed by atoms with Gasteiger partial charge in [0.1, 0.15) is 18.1 Å². The lowest BCUT2D eigenvalue weighted by molar-refractivity contribution is -0.164. The lowest BCUT2D eigenvalue weighted by atomic mass is 9.81. The molecule has 3 aromatic carbocycles. The van der Waals surface area contributed by atoms with Crippen LogP contribution in [-0.2, 0) is 14.3 Å². The Morgan fingerprint density at radius 3 is 2.06 bits per heavy atom. The lowest BCUT2D eigenvalue weighted by Gasteiger charge is -2.46. The monoisotopic (exact) mass is 470 g/mol. The Balaban J connectivity index is 1.30. The van der Waals surface area contributed by atoms with E-state index in [1.54, 1.807) is 31.2 Å². The summed E-state index contributed by atoms with van der Waals surface area (Å²) in [6, 6.07) is 24.1. The Morgan fingerprint density at radius 2 is 1.49 bits per heavy atom. The van der Waals surface area contributed by atoms with Crippen LogP contribution in [0.25, 0.3) is 11.1 Å². The van der Waals surface area contributed by atoms with Crippen molar-refractivity contribution < 1.29 is 24.2 Å². The van der Waals surface area contributed by atoms with Crippen LogP contribution in [0.5, 0.6) is 0 Å². The zero-order chi connectivity index (χ0) is 24.6. The number of rotatable bonds is 6. The van der Waals surface area contributed by atoms with Gasteiger partial charge in [0.15, 0.2) is 0 Å². The summed E-state index contributed by atoms with van der Waals surface area (Å²) in [4.78, 5) is 39.0. The van der Waals surface area contributed by atoms with Gasteiger partial charge in [0.25, 0.3) is 0 Å². The Kier molecular flexibility index (Phi) is 5.76. The standard InChI is InChI=1S/C28H26N2O5/c1-28(26(32)33)16-30(17-28)25(31)24(18-9-3-2-4-10-18)29-27(34)35-15-23-21-13-7-5-11-19(21)20-12-6-8-14-22(20)23/h2-14,23-24H,15-17H2,1H3,(H,29,34)(H,32,33)/t24-/m1/s1. The van der Waals surface area contributed by atoms with Gasteiger partial charge in [-0.15, -0.1) is 0 Å². The number of fused-ring (bicyclic) bond motifs is 3. The quantitative estimate of drug-likeness (QED) is 0.563. The molecule has 7 nitrogen and oxygen atoms in total. The molecule has 0 unspecified atom stereocenters. The summed E-state index contributed by atoms with van der Waals surface area (Å²) in [6.07, 6.45) is -0.699. The molecular formula is C28H26N2O5. The summed E-state index contributed by atoms with van der Waals surface area (Å²) in [6.45, 7) is 1.93. The van der Waals surface area contributed by atoms with Crippen LogP contribution in [0.3, 0.4) is 0 Å². The molecule has 1 saturated heterocycles. The fourth-order valence-corrected chi connectivity index (χ4v) is 4.96. The summed E-state index contributed by atoms with van der Waals surface area (Å²) in [5.41, 5.74) is 4.11. The average Bonchev–Trinajstić information content (AvgIpc) is 3.18. The number of amides is 2. The summed E-state index contributed by atoms with van der Waals surface area (Å²) < 4.78 is 5.64. The van der Waals surface area contributed by atoms with E-state index in [9.17, 15) is 19.5 Å². The number of likely N-dealkylation sites (tertiary alicyclic amines) is 1. The third-order valence-electron chi connectivity index (χ3n) is 6.89. The number of carbonyl (C=O) groups is 3. The number of alkyl carbamates (subject to hydrolysis) is 1. The first-order valence-electron chi connectivity index (χ1n) is 11.6. The fourth-order valence-electron chi connectivity index (χ4n) is 4.96. The van der Waals surface area contributed by atoms with E-state index < -0.39 is 23.5 Å². The van der Waals surface area contributed by atoms with Crippen LogP contribution in [0.15, 0.2) is 78.9 Å². The number of aliphatic carboxylic acids is 1. The first-order valence-corrected chi connectivity index (χ1v) is 11.6. The molecule has 0 bridgehead atoms. The molecule has 0 spiro atoms. The SMILES string of the molecule is CC1(C(=O)O)CN(C(=O)[C@H](NC(=O)OCC2c3ccccc3-c3ccccc32)c2ccccc2)C1. The van der Waals surface area contributed by atoms with Crippen LogP contribution in [0.2, 0.25) is 0 Å². The van der Waals surface area contributed by atoms with Gasteiger partial charge >= 0.3 is 12.1 Å². The van der Waals surface area contributed by atoms with Crippen molar-refractivity contribution in [1.29, 1.82) is 0 Å². The Bertz CT molecular complexity index is 1240. The molecule has 2 amide bonds. The van der Waals surface area contributed by atoms with Crippen LogP contribution >= 0.6 is 0 Å². The number of nitrogens with zero attached hydrogens (tertiary/aromatic N) is 1. The van der Waals surface area contributed by atoms with E-state index in [4.69, 9.17) is 4.74 Å². The first kappa shape index (κ1) is 22.7. The zero-order valence-corrected chi connectivity index (χ0v) is 19.3. The molecule has 1 aliphatic heterocycles. The molecule has 0 saturated carbocycles. The van der Waals surface area contributed by atoms with Gasteiger partial charge in [-0.05, 0) is 34.7 Å². The van der Waals surface area contributed by atoms with Crippen molar-refractivity contribution in [2.24, 2.45) is 5.41 Å². The van der Waals surface area contributed by atoms with Gasteiger partial charge in [-0.25, -0.2) is 4.79 Å². The number of carboxylic acids is 1. The van der Waals surface area contributed by atoms with E-state index >= 15 is 0 Å². The molecule has 35 heavy (non-hydrogen) atoms. The summed E-state index contributed by atoms with van der Waals surface area (Å²) in [5.74, 6) is -1.39. The lowest BCUT2D eigenvalue weighted by Crippen LogP contribution is -2.62. The topological polar surface area (TPSA) is 95.9 Å². The fraction of sp³-hybridized carbons (Fsp3) is 0.250.